The molecule has 1 aliphatic heterocycles. The minimum absolute atomic E-state index is 0.0479. The predicted molar refractivity (Wildman–Crippen MR) is 92.5 cm³/mol. The first-order chi connectivity index (χ1) is 11.9. The van der Waals surface area contributed by atoms with Crippen molar-refractivity contribution in [2.45, 2.75) is 57.5 Å². The second-order valence-electron chi connectivity index (χ2n) is 6.98. The molecule has 134 valence electrons. The normalized spacial score (nSPS) is 30.5. The van der Waals surface area contributed by atoms with Crippen molar-refractivity contribution in [3.8, 4) is 0 Å². The van der Waals surface area contributed by atoms with E-state index in [9.17, 15) is 5.11 Å². The molecule has 1 heterocycles. The summed E-state index contributed by atoms with van der Waals surface area (Å²) in [6.45, 7) is 2.38. The molecule has 0 spiro atoms. The highest BCUT2D eigenvalue weighted by molar-refractivity contribution is 5.13. The van der Waals surface area contributed by atoms with E-state index in [4.69, 9.17) is 14.2 Å². The van der Waals surface area contributed by atoms with Gasteiger partial charge in [-0.05, 0) is 50.0 Å². The molecule has 0 aromatic heterocycles. The van der Waals surface area contributed by atoms with Gasteiger partial charge in [-0.2, -0.15) is 0 Å². The van der Waals surface area contributed by atoms with Crippen LogP contribution in [0.3, 0.4) is 0 Å². The van der Waals surface area contributed by atoms with Gasteiger partial charge in [0, 0.05) is 19.1 Å². The summed E-state index contributed by atoms with van der Waals surface area (Å²) >= 11 is 0. The van der Waals surface area contributed by atoms with Crippen molar-refractivity contribution in [3.05, 3.63) is 35.9 Å². The molecule has 4 atom stereocenters. The highest BCUT2D eigenvalue weighted by Gasteiger charge is 2.38. The maximum absolute atomic E-state index is 9.35. The Morgan fingerprint density at radius 1 is 1.08 bits per heavy atom. The maximum atomic E-state index is 9.35. The number of aliphatic hydroxyl groups excluding tert-OH is 1. The van der Waals surface area contributed by atoms with Crippen LogP contribution in [-0.2, 0) is 20.8 Å². The van der Waals surface area contributed by atoms with Crippen molar-refractivity contribution in [2.24, 2.45) is 11.8 Å². The fraction of sp³-hybridized carbons (Fsp3) is 0.700. The zero-order chi connectivity index (χ0) is 16.6. The molecule has 1 aliphatic carbocycles. The van der Waals surface area contributed by atoms with Crippen LogP contribution in [0.2, 0.25) is 0 Å². The third kappa shape index (κ3) is 5.03. The van der Waals surface area contributed by atoms with Gasteiger partial charge in [0.2, 0.25) is 0 Å². The van der Waals surface area contributed by atoms with Crippen LogP contribution in [0.1, 0.15) is 44.1 Å². The van der Waals surface area contributed by atoms with Gasteiger partial charge in [-0.3, -0.25) is 0 Å². The van der Waals surface area contributed by atoms with Gasteiger partial charge in [0.1, 0.15) is 0 Å². The summed E-state index contributed by atoms with van der Waals surface area (Å²) in [7, 11) is 0. The molecule has 1 aromatic carbocycles. The van der Waals surface area contributed by atoms with E-state index in [-0.39, 0.29) is 19.0 Å². The lowest BCUT2D eigenvalue weighted by molar-refractivity contribution is -0.199. The Bertz CT molecular complexity index is 458. The number of benzene rings is 1. The van der Waals surface area contributed by atoms with Gasteiger partial charge in [-0.1, -0.05) is 30.3 Å². The van der Waals surface area contributed by atoms with Crippen LogP contribution in [0, 0.1) is 11.8 Å². The average Bonchev–Trinajstić information content (AvgIpc) is 2.99. The van der Waals surface area contributed by atoms with Crippen LogP contribution < -0.4 is 0 Å². The van der Waals surface area contributed by atoms with Crippen molar-refractivity contribution < 1.29 is 19.3 Å². The van der Waals surface area contributed by atoms with Gasteiger partial charge in [0.15, 0.2) is 6.29 Å². The fourth-order valence-corrected chi connectivity index (χ4v) is 3.95. The van der Waals surface area contributed by atoms with Crippen LogP contribution in [0.15, 0.2) is 30.3 Å². The lowest BCUT2D eigenvalue weighted by Crippen LogP contribution is -2.33. The molecular formula is C20H30O4. The SMILES string of the molecule is OCC[C@@H]1CC[C@@H](OC2CCCCO2)[C@@H]1COCc1ccccc1. The second kappa shape index (κ2) is 9.52. The lowest BCUT2D eigenvalue weighted by Gasteiger charge is -2.30. The largest absolute Gasteiger partial charge is 0.396 e. The Labute approximate surface area is 145 Å². The molecule has 0 radical (unpaired) electrons. The first kappa shape index (κ1) is 17.9. The summed E-state index contributed by atoms with van der Waals surface area (Å²) in [4.78, 5) is 0. The average molecular weight is 334 g/mol. The quantitative estimate of drug-likeness (QED) is 0.790. The van der Waals surface area contributed by atoms with Crippen LogP contribution in [0.25, 0.3) is 0 Å². The van der Waals surface area contributed by atoms with E-state index in [0.29, 0.717) is 25.0 Å². The molecule has 1 saturated carbocycles. The summed E-state index contributed by atoms with van der Waals surface area (Å²) in [5, 5.41) is 9.35. The summed E-state index contributed by atoms with van der Waals surface area (Å²) in [5.74, 6) is 0.839. The monoisotopic (exact) mass is 334 g/mol. The van der Waals surface area contributed by atoms with Crippen molar-refractivity contribution in [1.82, 2.24) is 0 Å². The molecule has 1 aromatic rings. The number of hydrogen-bond acceptors (Lipinski definition) is 4. The van der Waals surface area contributed by atoms with Gasteiger partial charge in [-0.25, -0.2) is 0 Å². The summed E-state index contributed by atoms with van der Waals surface area (Å²) in [5.41, 5.74) is 1.20. The topological polar surface area (TPSA) is 47.9 Å². The van der Waals surface area contributed by atoms with Gasteiger partial charge in [0.05, 0.1) is 19.3 Å². The Kier molecular flexibility index (Phi) is 7.09. The number of ether oxygens (including phenoxy) is 3. The smallest absolute Gasteiger partial charge is 0.157 e. The molecule has 3 rings (SSSR count). The molecule has 0 bridgehead atoms. The first-order valence-corrected chi connectivity index (χ1v) is 9.36. The number of rotatable bonds is 8. The molecule has 4 nitrogen and oxygen atoms in total. The zero-order valence-corrected chi connectivity index (χ0v) is 14.4. The van der Waals surface area contributed by atoms with Crippen molar-refractivity contribution in [3.63, 3.8) is 0 Å². The van der Waals surface area contributed by atoms with Crippen LogP contribution in [-0.4, -0.2) is 37.3 Å². The van der Waals surface area contributed by atoms with E-state index >= 15 is 0 Å². The lowest BCUT2D eigenvalue weighted by atomic mass is 9.93. The maximum Gasteiger partial charge on any atom is 0.157 e. The van der Waals surface area contributed by atoms with Crippen molar-refractivity contribution >= 4 is 0 Å². The number of hydrogen-bond donors (Lipinski definition) is 1. The van der Waals surface area contributed by atoms with Crippen LogP contribution >= 0.6 is 0 Å². The molecule has 1 N–H and O–H groups in total. The van der Waals surface area contributed by atoms with E-state index < -0.39 is 0 Å². The van der Waals surface area contributed by atoms with Gasteiger partial charge in [-0.15, -0.1) is 0 Å². The third-order valence-corrected chi connectivity index (χ3v) is 5.29. The van der Waals surface area contributed by atoms with E-state index in [1.54, 1.807) is 0 Å². The first-order valence-electron chi connectivity index (χ1n) is 9.36. The Morgan fingerprint density at radius 3 is 2.71 bits per heavy atom. The Morgan fingerprint density at radius 2 is 1.96 bits per heavy atom. The standard InChI is InChI=1S/C20H30O4/c21-12-11-17-9-10-19(24-20-8-4-5-13-23-20)18(17)15-22-14-16-6-2-1-3-7-16/h1-3,6-7,17-21H,4-5,8-15H2/t17-,18+,19+,20?/m0/s1. The molecule has 1 saturated heterocycles. The summed E-state index contributed by atoms with van der Waals surface area (Å²) in [6.07, 6.45) is 6.46. The molecule has 0 amide bonds. The van der Waals surface area contributed by atoms with Crippen molar-refractivity contribution in [1.29, 1.82) is 0 Å². The molecule has 2 fully saturated rings. The zero-order valence-electron chi connectivity index (χ0n) is 14.4. The molecule has 4 heteroatoms. The predicted octanol–water partition coefficient (Wildman–Crippen LogP) is 3.52. The fourth-order valence-electron chi connectivity index (χ4n) is 3.95. The summed E-state index contributed by atoms with van der Waals surface area (Å²) in [6, 6.07) is 10.3. The van der Waals surface area contributed by atoms with Gasteiger partial charge in [0.25, 0.3) is 0 Å². The van der Waals surface area contributed by atoms with Gasteiger partial charge >= 0.3 is 0 Å². The van der Waals surface area contributed by atoms with E-state index in [0.717, 1.165) is 38.7 Å². The molecule has 24 heavy (non-hydrogen) atoms. The highest BCUT2D eigenvalue weighted by atomic mass is 16.7. The van der Waals surface area contributed by atoms with Crippen molar-refractivity contribution in [2.75, 3.05) is 19.8 Å². The van der Waals surface area contributed by atoms with Crippen LogP contribution in [0.4, 0.5) is 0 Å². The molecule has 1 unspecified atom stereocenters. The second-order valence-corrected chi connectivity index (χ2v) is 6.98. The molecule has 2 aliphatic rings. The minimum Gasteiger partial charge on any atom is -0.396 e. The number of aliphatic hydroxyl groups is 1. The third-order valence-electron chi connectivity index (χ3n) is 5.29. The molecular weight excluding hydrogens is 304 g/mol. The Hall–Kier alpha value is -0.940. The van der Waals surface area contributed by atoms with Gasteiger partial charge < -0.3 is 19.3 Å². The van der Waals surface area contributed by atoms with E-state index in [2.05, 4.69) is 12.1 Å². The Balaban J connectivity index is 1.52. The highest BCUT2D eigenvalue weighted by Crippen LogP contribution is 2.38. The minimum atomic E-state index is -0.0479. The summed E-state index contributed by atoms with van der Waals surface area (Å²) < 4.78 is 18.0. The van der Waals surface area contributed by atoms with Crippen LogP contribution in [0.5, 0.6) is 0 Å². The van der Waals surface area contributed by atoms with E-state index in [1.165, 1.54) is 12.0 Å². The van der Waals surface area contributed by atoms with E-state index in [1.807, 2.05) is 18.2 Å².